The fourth-order valence-corrected chi connectivity index (χ4v) is 1.66. The normalized spacial score (nSPS) is 19.0. The van der Waals surface area contributed by atoms with Crippen LogP contribution in [0, 0.1) is 5.92 Å². The van der Waals surface area contributed by atoms with Crippen LogP contribution in [0.15, 0.2) is 0 Å². The van der Waals surface area contributed by atoms with Gasteiger partial charge in [-0.05, 0) is 52.5 Å². The van der Waals surface area contributed by atoms with E-state index in [1.54, 1.807) is 0 Å². The molecule has 94 valence electrons. The van der Waals surface area contributed by atoms with Crippen molar-refractivity contribution < 1.29 is 4.79 Å². The van der Waals surface area contributed by atoms with Crippen molar-refractivity contribution in [3.05, 3.63) is 0 Å². The van der Waals surface area contributed by atoms with Crippen LogP contribution < -0.4 is 10.6 Å². The Morgan fingerprint density at radius 1 is 1.44 bits per heavy atom. The van der Waals surface area contributed by atoms with E-state index in [1.807, 2.05) is 6.92 Å². The van der Waals surface area contributed by atoms with Gasteiger partial charge in [0.1, 0.15) is 0 Å². The van der Waals surface area contributed by atoms with E-state index in [9.17, 15) is 4.79 Å². The first kappa shape index (κ1) is 13.5. The summed E-state index contributed by atoms with van der Waals surface area (Å²) in [5.41, 5.74) is -0.0938. The molecule has 1 unspecified atom stereocenters. The van der Waals surface area contributed by atoms with Gasteiger partial charge in [-0.15, -0.1) is 0 Å². The molecule has 1 atom stereocenters. The van der Waals surface area contributed by atoms with Crippen molar-refractivity contribution in [1.82, 2.24) is 10.6 Å². The summed E-state index contributed by atoms with van der Waals surface area (Å²) in [4.78, 5) is 11.9. The van der Waals surface area contributed by atoms with Crippen molar-refractivity contribution in [1.29, 1.82) is 0 Å². The second kappa shape index (κ2) is 5.67. The van der Waals surface area contributed by atoms with Crippen LogP contribution in [0.5, 0.6) is 0 Å². The predicted molar refractivity (Wildman–Crippen MR) is 67.3 cm³/mol. The van der Waals surface area contributed by atoms with Crippen LogP contribution in [-0.2, 0) is 4.79 Å². The number of hydrogen-bond acceptors (Lipinski definition) is 2. The fourth-order valence-electron chi connectivity index (χ4n) is 1.66. The van der Waals surface area contributed by atoms with Crippen molar-refractivity contribution in [2.24, 2.45) is 5.92 Å². The second-order valence-corrected chi connectivity index (χ2v) is 5.65. The Morgan fingerprint density at radius 2 is 2.06 bits per heavy atom. The molecule has 1 saturated carbocycles. The van der Waals surface area contributed by atoms with Crippen molar-refractivity contribution in [3.8, 4) is 0 Å². The molecule has 2 N–H and O–H groups in total. The molecule has 0 aliphatic heterocycles. The smallest absolute Gasteiger partial charge is 0.237 e. The number of nitrogens with one attached hydrogen (secondary N) is 2. The molecule has 0 aromatic heterocycles. The second-order valence-electron chi connectivity index (χ2n) is 5.65. The number of hydrogen-bond donors (Lipinski definition) is 2. The van der Waals surface area contributed by atoms with Gasteiger partial charge in [0.2, 0.25) is 5.91 Å². The molecular formula is C13H26N2O. The highest BCUT2D eigenvalue weighted by Gasteiger charge is 2.23. The van der Waals surface area contributed by atoms with E-state index < -0.39 is 0 Å². The molecule has 1 rings (SSSR count). The molecular weight excluding hydrogens is 200 g/mol. The SMILES string of the molecule is CCC(C)(C)NC(=O)C(C)NCC1CCC1. The molecule has 0 aromatic rings. The van der Waals surface area contributed by atoms with Crippen molar-refractivity contribution >= 4 is 5.91 Å². The van der Waals surface area contributed by atoms with Crippen LogP contribution in [0.2, 0.25) is 0 Å². The molecule has 1 aliphatic rings. The molecule has 3 heteroatoms. The Hall–Kier alpha value is -0.570. The van der Waals surface area contributed by atoms with Crippen LogP contribution in [0.25, 0.3) is 0 Å². The van der Waals surface area contributed by atoms with Gasteiger partial charge in [-0.2, -0.15) is 0 Å². The third-order valence-corrected chi connectivity index (χ3v) is 3.68. The molecule has 1 aliphatic carbocycles. The Morgan fingerprint density at radius 3 is 2.50 bits per heavy atom. The standard InChI is InChI=1S/C13H26N2O/c1-5-13(3,4)15-12(16)10(2)14-9-11-7-6-8-11/h10-11,14H,5-9H2,1-4H3,(H,15,16). The molecule has 0 aromatic carbocycles. The molecule has 0 heterocycles. The minimum Gasteiger partial charge on any atom is -0.350 e. The number of rotatable bonds is 6. The zero-order valence-electron chi connectivity index (χ0n) is 11.1. The highest BCUT2D eigenvalue weighted by Crippen LogP contribution is 2.25. The van der Waals surface area contributed by atoms with Gasteiger partial charge in [-0.25, -0.2) is 0 Å². The highest BCUT2D eigenvalue weighted by molar-refractivity contribution is 5.81. The van der Waals surface area contributed by atoms with Crippen LogP contribution in [0.3, 0.4) is 0 Å². The zero-order chi connectivity index (χ0) is 12.2. The highest BCUT2D eigenvalue weighted by atomic mass is 16.2. The monoisotopic (exact) mass is 226 g/mol. The summed E-state index contributed by atoms with van der Waals surface area (Å²) < 4.78 is 0. The largest absolute Gasteiger partial charge is 0.350 e. The van der Waals surface area contributed by atoms with E-state index in [4.69, 9.17) is 0 Å². The average molecular weight is 226 g/mol. The van der Waals surface area contributed by atoms with Crippen LogP contribution in [-0.4, -0.2) is 24.0 Å². The van der Waals surface area contributed by atoms with E-state index in [0.29, 0.717) is 0 Å². The number of carbonyl (C=O) groups excluding carboxylic acids is 1. The van der Waals surface area contributed by atoms with E-state index in [-0.39, 0.29) is 17.5 Å². The molecule has 1 fully saturated rings. The lowest BCUT2D eigenvalue weighted by molar-refractivity contribution is -0.124. The molecule has 0 saturated heterocycles. The first-order valence-electron chi connectivity index (χ1n) is 6.50. The molecule has 3 nitrogen and oxygen atoms in total. The summed E-state index contributed by atoms with van der Waals surface area (Å²) in [5, 5.41) is 6.38. The summed E-state index contributed by atoms with van der Waals surface area (Å²) >= 11 is 0. The van der Waals surface area contributed by atoms with Gasteiger partial charge in [0.05, 0.1) is 6.04 Å². The Labute approximate surface area is 99.4 Å². The van der Waals surface area contributed by atoms with E-state index in [0.717, 1.165) is 18.9 Å². The number of carbonyl (C=O) groups is 1. The van der Waals surface area contributed by atoms with E-state index in [1.165, 1.54) is 19.3 Å². The summed E-state index contributed by atoms with van der Waals surface area (Å²) in [6.45, 7) is 9.14. The first-order valence-corrected chi connectivity index (χ1v) is 6.50. The lowest BCUT2D eigenvalue weighted by Crippen LogP contribution is -2.51. The van der Waals surface area contributed by atoms with Crippen molar-refractivity contribution in [2.45, 2.75) is 65.0 Å². The third kappa shape index (κ3) is 4.12. The molecule has 0 spiro atoms. The van der Waals surface area contributed by atoms with Gasteiger partial charge in [-0.3, -0.25) is 4.79 Å². The summed E-state index contributed by atoms with van der Waals surface area (Å²) in [7, 11) is 0. The predicted octanol–water partition coefficient (Wildman–Crippen LogP) is 2.07. The topological polar surface area (TPSA) is 41.1 Å². The Balaban J connectivity index is 2.23. The molecule has 0 radical (unpaired) electrons. The van der Waals surface area contributed by atoms with Gasteiger partial charge >= 0.3 is 0 Å². The fraction of sp³-hybridized carbons (Fsp3) is 0.923. The van der Waals surface area contributed by atoms with Crippen LogP contribution in [0.1, 0.15) is 53.4 Å². The third-order valence-electron chi connectivity index (χ3n) is 3.68. The lowest BCUT2D eigenvalue weighted by Gasteiger charge is -2.29. The van der Waals surface area contributed by atoms with Gasteiger partial charge in [-0.1, -0.05) is 13.3 Å². The zero-order valence-corrected chi connectivity index (χ0v) is 11.1. The van der Waals surface area contributed by atoms with Crippen LogP contribution in [0.4, 0.5) is 0 Å². The van der Waals surface area contributed by atoms with E-state index >= 15 is 0 Å². The van der Waals surface area contributed by atoms with Crippen LogP contribution >= 0.6 is 0 Å². The Kier molecular flexibility index (Phi) is 4.78. The first-order chi connectivity index (χ1) is 7.44. The molecule has 1 amide bonds. The summed E-state index contributed by atoms with van der Waals surface area (Å²) in [5.74, 6) is 0.917. The van der Waals surface area contributed by atoms with Crippen molar-refractivity contribution in [2.75, 3.05) is 6.54 Å². The maximum atomic E-state index is 11.9. The Bertz CT molecular complexity index is 234. The maximum Gasteiger partial charge on any atom is 0.237 e. The van der Waals surface area contributed by atoms with Crippen molar-refractivity contribution in [3.63, 3.8) is 0 Å². The summed E-state index contributed by atoms with van der Waals surface area (Å²) in [6, 6.07) is -0.0774. The maximum absolute atomic E-state index is 11.9. The quantitative estimate of drug-likeness (QED) is 0.728. The minimum absolute atomic E-state index is 0.0774. The average Bonchev–Trinajstić information content (AvgIpc) is 2.14. The molecule has 0 bridgehead atoms. The van der Waals surface area contributed by atoms with Gasteiger partial charge in [0, 0.05) is 5.54 Å². The number of amides is 1. The minimum atomic E-state index is -0.0938. The van der Waals surface area contributed by atoms with Gasteiger partial charge < -0.3 is 10.6 Å². The van der Waals surface area contributed by atoms with Gasteiger partial charge in [0.15, 0.2) is 0 Å². The van der Waals surface area contributed by atoms with E-state index in [2.05, 4.69) is 31.4 Å². The lowest BCUT2D eigenvalue weighted by atomic mass is 9.85. The molecule has 16 heavy (non-hydrogen) atoms. The van der Waals surface area contributed by atoms with Gasteiger partial charge in [0.25, 0.3) is 0 Å². The summed E-state index contributed by atoms with van der Waals surface area (Å²) in [6.07, 6.45) is 4.95.